The fraction of sp³-hybridized carbons (Fsp3) is 0.300. The quantitative estimate of drug-likeness (QED) is 0.317. The molecule has 2 aromatic heterocycles. The van der Waals surface area contributed by atoms with E-state index in [9.17, 15) is 8.78 Å². The molecule has 40 heavy (non-hydrogen) atoms. The van der Waals surface area contributed by atoms with Crippen molar-refractivity contribution in [1.29, 1.82) is 0 Å². The fourth-order valence-electron chi connectivity index (χ4n) is 4.82. The highest BCUT2D eigenvalue weighted by molar-refractivity contribution is 5.53. The summed E-state index contributed by atoms with van der Waals surface area (Å²) >= 11 is 0. The molecule has 5 rings (SSSR count). The molecule has 0 radical (unpaired) electrons. The number of ether oxygens (including phenoxy) is 1. The van der Waals surface area contributed by atoms with Crippen molar-refractivity contribution in [3.8, 4) is 11.6 Å². The number of nitrogens with zero attached hydrogens (tertiary/aromatic N) is 6. The van der Waals surface area contributed by atoms with Crippen LogP contribution in [0, 0.1) is 25.5 Å². The van der Waals surface area contributed by atoms with Crippen LogP contribution in [-0.2, 0) is 6.54 Å². The summed E-state index contributed by atoms with van der Waals surface area (Å²) in [5, 5.41) is 7.88. The van der Waals surface area contributed by atoms with Gasteiger partial charge in [0.1, 0.15) is 17.4 Å². The smallest absolute Gasteiger partial charge is 0.225 e. The Hall–Kier alpha value is -4.31. The molecule has 3 heterocycles. The van der Waals surface area contributed by atoms with Gasteiger partial charge in [0.05, 0.1) is 19.0 Å². The van der Waals surface area contributed by atoms with Gasteiger partial charge in [-0.05, 0) is 32.0 Å². The minimum atomic E-state index is -0.547. The van der Waals surface area contributed by atoms with Crippen molar-refractivity contribution in [2.24, 2.45) is 0 Å². The first-order chi connectivity index (χ1) is 19.4. The molecule has 208 valence electrons. The third kappa shape index (κ3) is 6.45. The molecule has 0 bridgehead atoms. The number of aromatic nitrogens is 4. The van der Waals surface area contributed by atoms with Crippen molar-refractivity contribution in [3.05, 3.63) is 95.0 Å². The lowest BCUT2D eigenvalue weighted by Crippen LogP contribution is -2.46. The highest BCUT2D eigenvalue weighted by Crippen LogP contribution is 2.21. The zero-order valence-electron chi connectivity index (χ0n) is 22.9. The van der Waals surface area contributed by atoms with Gasteiger partial charge < -0.3 is 15.0 Å². The van der Waals surface area contributed by atoms with Crippen LogP contribution < -0.4 is 15.0 Å². The minimum Gasteiger partial charge on any atom is -0.496 e. The molecule has 0 aliphatic carbocycles. The normalized spacial score (nSPS) is 14.2. The Morgan fingerprint density at radius 3 is 2.48 bits per heavy atom. The average molecular weight is 546 g/mol. The molecule has 1 aliphatic rings. The van der Waals surface area contributed by atoms with Gasteiger partial charge in [0.15, 0.2) is 5.82 Å². The van der Waals surface area contributed by atoms with E-state index in [1.807, 2.05) is 60.0 Å². The van der Waals surface area contributed by atoms with Crippen LogP contribution in [0.15, 0.2) is 60.8 Å². The van der Waals surface area contributed by atoms with Crippen LogP contribution in [0.25, 0.3) is 11.9 Å². The van der Waals surface area contributed by atoms with E-state index in [1.165, 1.54) is 12.1 Å². The maximum Gasteiger partial charge on any atom is 0.225 e. The summed E-state index contributed by atoms with van der Waals surface area (Å²) in [5.74, 6) is 0.929. The number of halogens is 2. The highest BCUT2D eigenvalue weighted by atomic mass is 19.1. The van der Waals surface area contributed by atoms with Crippen molar-refractivity contribution in [2.75, 3.05) is 50.1 Å². The number of hydrogen-bond donors (Lipinski definition) is 1. The molecule has 1 aliphatic heterocycles. The Balaban J connectivity index is 1.19. The van der Waals surface area contributed by atoms with E-state index in [2.05, 4.69) is 32.5 Å². The predicted octanol–water partition coefficient (Wildman–Crippen LogP) is 5.01. The molecule has 1 saturated heterocycles. The maximum atomic E-state index is 13.6. The van der Waals surface area contributed by atoms with Gasteiger partial charge in [-0.1, -0.05) is 30.4 Å². The first-order valence-corrected chi connectivity index (χ1v) is 13.3. The highest BCUT2D eigenvalue weighted by Gasteiger charge is 2.18. The van der Waals surface area contributed by atoms with E-state index in [0.717, 1.165) is 54.0 Å². The first-order valence-electron chi connectivity index (χ1n) is 13.3. The number of aryl methyl sites for hydroxylation is 1. The van der Waals surface area contributed by atoms with E-state index in [1.54, 1.807) is 7.11 Å². The van der Waals surface area contributed by atoms with E-state index < -0.39 is 11.6 Å². The number of nitrogens with one attached hydrogen (secondary N) is 1. The number of benzene rings is 2. The Kier molecular flexibility index (Phi) is 8.35. The Bertz CT molecular complexity index is 1480. The van der Waals surface area contributed by atoms with Crippen LogP contribution in [0.3, 0.4) is 0 Å². The predicted molar refractivity (Wildman–Crippen MR) is 153 cm³/mol. The van der Waals surface area contributed by atoms with Crippen LogP contribution in [-0.4, -0.2) is 64.5 Å². The average Bonchev–Trinajstić information content (AvgIpc) is 3.31. The van der Waals surface area contributed by atoms with Crippen molar-refractivity contribution in [2.45, 2.75) is 20.4 Å². The summed E-state index contributed by atoms with van der Waals surface area (Å²) in [7, 11) is 1.66. The molecule has 10 heteroatoms. The van der Waals surface area contributed by atoms with Gasteiger partial charge in [0.25, 0.3) is 0 Å². The molecule has 0 spiro atoms. The van der Waals surface area contributed by atoms with Crippen molar-refractivity contribution >= 4 is 17.7 Å². The van der Waals surface area contributed by atoms with Crippen molar-refractivity contribution in [3.63, 3.8) is 0 Å². The van der Waals surface area contributed by atoms with E-state index in [4.69, 9.17) is 9.72 Å². The van der Waals surface area contributed by atoms with Crippen LogP contribution >= 0.6 is 0 Å². The lowest BCUT2D eigenvalue weighted by Gasteiger charge is -2.35. The third-order valence-corrected chi connectivity index (χ3v) is 6.98. The summed E-state index contributed by atoms with van der Waals surface area (Å²) in [6.07, 6.45) is 6.03. The van der Waals surface area contributed by atoms with Crippen LogP contribution in [0.5, 0.6) is 5.75 Å². The Morgan fingerprint density at radius 1 is 0.975 bits per heavy atom. The van der Waals surface area contributed by atoms with E-state index >= 15 is 0 Å². The number of methoxy groups -OCH3 is 1. The van der Waals surface area contributed by atoms with Gasteiger partial charge in [0, 0.05) is 73.9 Å². The minimum absolute atomic E-state index is 0.521. The maximum absolute atomic E-state index is 13.6. The summed E-state index contributed by atoms with van der Waals surface area (Å²) in [6.45, 7) is 8.32. The van der Waals surface area contributed by atoms with Crippen molar-refractivity contribution in [1.82, 2.24) is 24.6 Å². The number of rotatable bonds is 9. The molecule has 2 aromatic carbocycles. The topological polar surface area (TPSA) is 71.3 Å². The van der Waals surface area contributed by atoms with Gasteiger partial charge in [-0.2, -0.15) is 10.1 Å². The third-order valence-electron chi connectivity index (χ3n) is 6.98. The van der Waals surface area contributed by atoms with Gasteiger partial charge in [-0.25, -0.2) is 18.4 Å². The monoisotopic (exact) mass is 545 g/mol. The first kappa shape index (κ1) is 27.3. The molecular formula is C30H33F2N7O. The second-order valence-electron chi connectivity index (χ2n) is 9.77. The molecule has 4 aromatic rings. The number of hydrogen-bond acceptors (Lipinski definition) is 7. The lowest BCUT2D eigenvalue weighted by atomic mass is 10.2. The van der Waals surface area contributed by atoms with E-state index in [-0.39, 0.29) is 0 Å². The van der Waals surface area contributed by atoms with Gasteiger partial charge >= 0.3 is 0 Å². The summed E-state index contributed by atoms with van der Waals surface area (Å²) in [4.78, 5) is 13.6. The second kappa shape index (κ2) is 12.3. The number of para-hydroxylation sites is 1. The van der Waals surface area contributed by atoms with Crippen LogP contribution in [0.4, 0.5) is 20.4 Å². The van der Waals surface area contributed by atoms with Gasteiger partial charge in [0.2, 0.25) is 5.95 Å². The standard InChI is InChI=1S/C30H33F2N7O/c1-21-15-29(36-30(35-21)33-19-24-7-4-5-9-28(24)40-3)39-22(2)23(20-34-39)8-6-10-37-11-13-38(14-12-37)27-17-25(31)16-26(32)18-27/h4-9,15-18,20H,10-14,19H2,1-3H3,(H,33,35,36)/b8-6+. The molecule has 8 nitrogen and oxygen atoms in total. The SMILES string of the molecule is COc1ccccc1CNc1nc(C)cc(-n2ncc(/C=C/CN3CCN(c4cc(F)cc(F)c4)CC3)c2C)n1. The zero-order chi connectivity index (χ0) is 28.1. The second-order valence-corrected chi connectivity index (χ2v) is 9.77. The number of anilines is 2. The van der Waals surface area contributed by atoms with Gasteiger partial charge in [-0.3, -0.25) is 4.90 Å². The van der Waals surface area contributed by atoms with Crippen molar-refractivity contribution < 1.29 is 13.5 Å². The summed E-state index contributed by atoms with van der Waals surface area (Å²) < 4.78 is 34.4. The molecule has 0 atom stereocenters. The van der Waals surface area contributed by atoms with Crippen LogP contribution in [0.2, 0.25) is 0 Å². The zero-order valence-corrected chi connectivity index (χ0v) is 22.9. The van der Waals surface area contributed by atoms with Gasteiger partial charge in [-0.15, -0.1) is 0 Å². The fourth-order valence-corrected chi connectivity index (χ4v) is 4.82. The van der Waals surface area contributed by atoms with Crippen LogP contribution in [0.1, 0.15) is 22.5 Å². The molecule has 0 amide bonds. The molecule has 1 N–H and O–H groups in total. The molecule has 0 unspecified atom stereocenters. The number of piperazine rings is 1. The molecule has 1 fully saturated rings. The molecule has 0 saturated carbocycles. The largest absolute Gasteiger partial charge is 0.496 e. The molecular weight excluding hydrogens is 512 g/mol. The summed E-state index contributed by atoms with van der Waals surface area (Å²) in [5.41, 5.74) is 4.42. The lowest BCUT2D eigenvalue weighted by molar-refractivity contribution is 0.284. The Morgan fingerprint density at radius 2 is 1.73 bits per heavy atom. The summed E-state index contributed by atoms with van der Waals surface area (Å²) in [6, 6.07) is 13.4. The van der Waals surface area contributed by atoms with E-state index in [0.29, 0.717) is 37.1 Å². The Labute approximate surface area is 232 Å².